The van der Waals surface area contributed by atoms with E-state index in [4.69, 9.17) is 37.0 Å². The first kappa shape index (κ1) is 82.1. The predicted molar refractivity (Wildman–Crippen MR) is 335 cm³/mol. The molecule has 0 bridgehead atoms. The molecule has 0 rings (SSSR count). The van der Waals surface area contributed by atoms with Crippen molar-refractivity contribution in [1.82, 2.24) is 0 Å². The van der Waals surface area contributed by atoms with Crippen molar-refractivity contribution in [2.45, 2.75) is 336 Å². The van der Waals surface area contributed by atoms with E-state index in [1.54, 1.807) is 0 Å². The van der Waals surface area contributed by atoms with Gasteiger partial charge in [-0.05, 0) is 43.4 Å². The van der Waals surface area contributed by atoms with Crippen LogP contribution in [-0.4, -0.2) is 96.7 Å². The molecule has 0 saturated heterocycles. The summed E-state index contributed by atoms with van der Waals surface area (Å²) >= 11 is 0. The van der Waals surface area contributed by atoms with Gasteiger partial charge in [0.1, 0.15) is 19.3 Å². The van der Waals surface area contributed by atoms with Gasteiger partial charge in [0.05, 0.1) is 26.4 Å². The average molecular weight is 1240 g/mol. The summed E-state index contributed by atoms with van der Waals surface area (Å²) in [7, 11) is -9.89. The first-order chi connectivity index (χ1) is 40.2. The Bertz CT molecular complexity index is 1660. The minimum Gasteiger partial charge on any atom is -0.462 e. The van der Waals surface area contributed by atoms with Crippen molar-refractivity contribution in [2.75, 3.05) is 39.6 Å². The van der Waals surface area contributed by atoms with Gasteiger partial charge in [-0.15, -0.1) is 0 Å². The van der Waals surface area contributed by atoms with Gasteiger partial charge in [-0.2, -0.15) is 0 Å². The smallest absolute Gasteiger partial charge is 0.462 e. The lowest BCUT2D eigenvalue weighted by molar-refractivity contribution is -0.161. The van der Waals surface area contributed by atoms with Crippen LogP contribution < -0.4 is 0 Å². The van der Waals surface area contributed by atoms with E-state index in [0.29, 0.717) is 31.6 Å². The monoisotopic (exact) mass is 1240 g/mol. The summed E-state index contributed by atoms with van der Waals surface area (Å²) in [4.78, 5) is 72.3. The highest BCUT2D eigenvalue weighted by Crippen LogP contribution is 2.45. The summed E-state index contributed by atoms with van der Waals surface area (Å²) < 4.78 is 68.0. The third kappa shape index (κ3) is 59.0. The number of hydrogen-bond acceptors (Lipinski definition) is 15. The van der Waals surface area contributed by atoms with E-state index in [0.717, 1.165) is 108 Å². The third-order valence-electron chi connectivity index (χ3n) is 14.9. The van der Waals surface area contributed by atoms with Gasteiger partial charge in [-0.3, -0.25) is 37.3 Å². The molecule has 0 aliphatic rings. The number of esters is 4. The van der Waals surface area contributed by atoms with Crippen LogP contribution >= 0.6 is 15.6 Å². The molecule has 0 aromatic rings. The SMILES string of the molecule is CCCCCCCCCCCCCC(=O)O[C@H](COC(=O)CCCCCCCCCC(C)C)COP(=O)(O)OC[C@H](O)COP(=O)(O)OC[C@@H](COC(=O)CCCCCCCCCCC(C)C)OC(=O)CCCCCCCCCCCC(C)C. The van der Waals surface area contributed by atoms with Crippen molar-refractivity contribution in [2.24, 2.45) is 17.8 Å². The molecule has 3 N–H and O–H groups in total. The highest BCUT2D eigenvalue weighted by atomic mass is 31.2. The fourth-order valence-corrected chi connectivity index (χ4v) is 11.2. The Morgan fingerprint density at radius 1 is 0.321 bits per heavy atom. The maximum absolute atomic E-state index is 13.0. The number of hydrogen-bond donors (Lipinski definition) is 3. The van der Waals surface area contributed by atoms with Crippen LogP contribution in [-0.2, 0) is 65.4 Å². The second-order valence-electron chi connectivity index (χ2n) is 24.9. The molecular weight excluding hydrogens is 1110 g/mol. The lowest BCUT2D eigenvalue weighted by atomic mass is 10.0. The Kier molecular flexibility index (Phi) is 55.0. The number of carbonyl (C=O) groups is 4. The summed E-state index contributed by atoms with van der Waals surface area (Å²) in [5, 5.41) is 10.5. The normalized spacial score (nSPS) is 14.3. The van der Waals surface area contributed by atoms with Crippen LogP contribution in [0.5, 0.6) is 0 Å². The maximum Gasteiger partial charge on any atom is 0.472 e. The summed E-state index contributed by atoms with van der Waals surface area (Å²) in [6, 6.07) is 0. The van der Waals surface area contributed by atoms with E-state index >= 15 is 0 Å². The molecule has 0 aliphatic carbocycles. The zero-order valence-electron chi connectivity index (χ0n) is 54.4. The van der Waals surface area contributed by atoms with Gasteiger partial charge < -0.3 is 33.8 Å². The van der Waals surface area contributed by atoms with Gasteiger partial charge in [0, 0.05) is 25.7 Å². The minimum absolute atomic E-state index is 0.104. The number of carbonyl (C=O) groups excluding carboxylic acids is 4. The number of ether oxygens (including phenoxy) is 4. The van der Waals surface area contributed by atoms with Gasteiger partial charge in [0.25, 0.3) is 0 Å². The largest absolute Gasteiger partial charge is 0.472 e. The maximum atomic E-state index is 13.0. The van der Waals surface area contributed by atoms with Gasteiger partial charge in [0.2, 0.25) is 0 Å². The molecule has 0 aromatic heterocycles. The zero-order chi connectivity index (χ0) is 62.4. The second-order valence-corrected chi connectivity index (χ2v) is 27.8. The molecule has 0 aromatic carbocycles. The quantitative estimate of drug-likeness (QED) is 0.0222. The lowest BCUT2D eigenvalue weighted by Crippen LogP contribution is -2.30. The van der Waals surface area contributed by atoms with E-state index in [1.165, 1.54) is 122 Å². The number of rotatable bonds is 63. The third-order valence-corrected chi connectivity index (χ3v) is 16.8. The fourth-order valence-electron chi connectivity index (χ4n) is 9.66. The Hall–Kier alpha value is -1.94. The summed E-state index contributed by atoms with van der Waals surface area (Å²) in [5.74, 6) is 0.0332. The summed E-state index contributed by atoms with van der Waals surface area (Å²) in [6.07, 6.45) is 37.6. The van der Waals surface area contributed by atoms with Crippen molar-refractivity contribution in [3.63, 3.8) is 0 Å². The molecular formula is C65H126O17P2. The lowest BCUT2D eigenvalue weighted by Gasteiger charge is -2.21. The first-order valence-corrected chi connectivity index (χ1v) is 36.8. The molecule has 0 aliphatic heterocycles. The summed E-state index contributed by atoms with van der Waals surface area (Å²) in [5.41, 5.74) is 0. The Labute approximate surface area is 511 Å². The standard InChI is InChI=1S/C65H126O17P2/c1-8-9-10-11-12-13-14-17-26-34-41-48-64(69)81-61(53-76-63(68)47-40-33-28-21-24-31-38-45-58(6)7)55-80-84(73,74)78-51-59(66)50-77-83(71,72)79-54-60(52-75-62(67)46-39-32-25-20-19-23-30-37-44-57(4)5)82-65(70)49-42-35-27-18-15-16-22-29-36-43-56(2)3/h56-61,66H,8-55H2,1-7H3,(H,71,72)(H,73,74)/t59-,60-,61-/m1/s1. The second kappa shape index (κ2) is 56.3. The minimum atomic E-state index is -4.95. The molecule has 19 heteroatoms. The molecule has 0 radical (unpaired) electrons. The van der Waals surface area contributed by atoms with Crippen molar-refractivity contribution in [3.8, 4) is 0 Å². The molecule has 0 fully saturated rings. The highest BCUT2D eigenvalue weighted by Gasteiger charge is 2.30. The summed E-state index contributed by atoms with van der Waals surface area (Å²) in [6.45, 7) is 11.7. The fraction of sp³-hybridized carbons (Fsp3) is 0.938. The van der Waals surface area contributed by atoms with Gasteiger partial charge in [-0.25, -0.2) is 9.13 Å². The Balaban J connectivity index is 5.25. The van der Waals surface area contributed by atoms with Crippen molar-refractivity contribution in [1.29, 1.82) is 0 Å². The van der Waals surface area contributed by atoms with Crippen LogP contribution in [0.25, 0.3) is 0 Å². The topological polar surface area (TPSA) is 237 Å². The molecule has 0 heterocycles. The molecule has 0 saturated carbocycles. The van der Waals surface area contributed by atoms with Crippen molar-refractivity contribution >= 4 is 39.5 Å². The van der Waals surface area contributed by atoms with Gasteiger partial charge in [0.15, 0.2) is 12.2 Å². The molecule has 2 unspecified atom stereocenters. The van der Waals surface area contributed by atoms with E-state index in [1.807, 2.05) is 0 Å². The zero-order valence-corrected chi connectivity index (χ0v) is 56.1. The number of phosphoric acid groups is 2. The molecule has 17 nitrogen and oxygen atoms in total. The Morgan fingerprint density at radius 3 is 0.810 bits per heavy atom. The van der Waals surface area contributed by atoms with E-state index in [9.17, 15) is 43.2 Å². The Morgan fingerprint density at radius 2 is 0.548 bits per heavy atom. The number of unbranched alkanes of at least 4 members (excludes halogenated alkanes) is 31. The first-order valence-electron chi connectivity index (χ1n) is 33.8. The molecule has 0 spiro atoms. The number of aliphatic hydroxyl groups excluding tert-OH is 1. The van der Waals surface area contributed by atoms with Gasteiger partial charge >= 0.3 is 39.5 Å². The van der Waals surface area contributed by atoms with Crippen LogP contribution in [0.2, 0.25) is 0 Å². The van der Waals surface area contributed by atoms with Gasteiger partial charge in [-0.1, -0.05) is 267 Å². The van der Waals surface area contributed by atoms with Crippen LogP contribution in [0.15, 0.2) is 0 Å². The van der Waals surface area contributed by atoms with Crippen LogP contribution in [0.4, 0.5) is 0 Å². The predicted octanol–water partition coefficient (Wildman–Crippen LogP) is 17.9. The molecule has 0 amide bonds. The molecule has 84 heavy (non-hydrogen) atoms. The van der Waals surface area contributed by atoms with Crippen LogP contribution in [0.1, 0.15) is 318 Å². The van der Waals surface area contributed by atoms with Crippen molar-refractivity contribution in [3.05, 3.63) is 0 Å². The average Bonchev–Trinajstić information content (AvgIpc) is 3.48. The molecule has 498 valence electrons. The van der Waals surface area contributed by atoms with E-state index in [2.05, 4.69) is 48.5 Å². The van der Waals surface area contributed by atoms with Crippen molar-refractivity contribution < 1.29 is 80.2 Å². The van der Waals surface area contributed by atoms with Crippen LogP contribution in [0, 0.1) is 17.8 Å². The highest BCUT2D eigenvalue weighted by molar-refractivity contribution is 7.47. The number of phosphoric ester groups is 2. The van der Waals surface area contributed by atoms with E-state index in [-0.39, 0.29) is 25.7 Å². The van der Waals surface area contributed by atoms with E-state index < -0.39 is 97.5 Å². The number of aliphatic hydroxyl groups is 1. The van der Waals surface area contributed by atoms with Crippen LogP contribution in [0.3, 0.4) is 0 Å². The molecule has 5 atom stereocenters.